The molecule has 3 aromatic rings. The highest BCUT2D eigenvalue weighted by Gasteiger charge is 2.08. The van der Waals surface area contributed by atoms with Crippen LogP contribution in [-0.2, 0) is 0 Å². The number of hydrogen-bond acceptors (Lipinski definition) is 3. The Morgan fingerprint density at radius 2 is 1.65 bits per heavy atom. The predicted octanol–water partition coefficient (Wildman–Crippen LogP) is 2.33. The molecule has 17 heavy (non-hydrogen) atoms. The van der Waals surface area contributed by atoms with E-state index in [-0.39, 0.29) is 0 Å². The van der Waals surface area contributed by atoms with Crippen molar-refractivity contribution in [1.82, 2.24) is 19.7 Å². The maximum Gasteiger partial charge on any atom is 0.164 e. The first-order chi connectivity index (χ1) is 8.45. The topological polar surface area (TPSA) is 43.6 Å². The summed E-state index contributed by atoms with van der Waals surface area (Å²) in [6.45, 7) is 0. The number of rotatable bonds is 2. The van der Waals surface area contributed by atoms with Crippen molar-refractivity contribution in [3.63, 3.8) is 0 Å². The van der Waals surface area contributed by atoms with Crippen LogP contribution < -0.4 is 0 Å². The first-order valence-corrected chi connectivity index (χ1v) is 5.32. The Kier molecular flexibility index (Phi) is 2.38. The molecule has 0 amide bonds. The molecule has 0 saturated carbocycles. The van der Waals surface area contributed by atoms with Crippen molar-refractivity contribution in [2.24, 2.45) is 0 Å². The molecule has 4 heteroatoms. The molecule has 0 N–H and O–H groups in total. The van der Waals surface area contributed by atoms with Gasteiger partial charge < -0.3 is 0 Å². The Bertz CT molecular complexity index is 548. The van der Waals surface area contributed by atoms with Crippen molar-refractivity contribution in [1.29, 1.82) is 0 Å². The molecule has 0 fully saturated rings. The third kappa shape index (κ3) is 1.80. The van der Waals surface area contributed by atoms with Gasteiger partial charge in [-0.2, -0.15) is 9.78 Å². The number of pyridine rings is 1. The van der Waals surface area contributed by atoms with Gasteiger partial charge in [-0.25, -0.2) is 9.97 Å². The minimum Gasteiger partial charge on any atom is -0.237 e. The second-order valence-corrected chi connectivity index (χ2v) is 3.55. The molecule has 0 saturated heterocycles. The highest BCUT2D eigenvalue weighted by Crippen LogP contribution is 2.17. The third-order valence-corrected chi connectivity index (χ3v) is 2.45. The summed E-state index contributed by atoms with van der Waals surface area (Å²) < 4.78 is 1.73. The lowest BCUT2D eigenvalue weighted by molar-refractivity contribution is 0.853. The molecule has 0 bridgehead atoms. The average Bonchev–Trinajstić information content (AvgIpc) is 2.90. The summed E-state index contributed by atoms with van der Waals surface area (Å²) in [7, 11) is 0. The molecule has 3 rings (SSSR count). The van der Waals surface area contributed by atoms with Crippen LogP contribution in [0.2, 0.25) is 0 Å². The fourth-order valence-electron chi connectivity index (χ4n) is 1.67. The van der Waals surface area contributed by atoms with E-state index in [0.29, 0.717) is 0 Å². The van der Waals surface area contributed by atoms with Crippen molar-refractivity contribution in [2.75, 3.05) is 0 Å². The van der Waals surface area contributed by atoms with Crippen LogP contribution in [0.3, 0.4) is 0 Å². The summed E-state index contributed by atoms with van der Waals surface area (Å²) in [5, 5.41) is 4.21. The molecular formula is C13H10N4. The lowest BCUT2D eigenvalue weighted by Crippen LogP contribution is -2.01. The van der Waals surface area contributed by atoms with E-state index in [4.69, 9.17) is 0 Å². The van der Waals surface area contributed by atoms with E-state index in [0.717, 1.165) is 17.2 Å². The summed E-state index contributed by atoms with van der Waals surface area (Å²) in [6, 6.07) is 15.7. The lowest BCUT2D eigenvalue weighted by atomic mass is 10.2. The molecule has 1 aromatic carbocycles. The first kappa shape index (κ1) is 9.72. The van der Waals surface area contributed by atoms with E-state index in [1.165, 1.54) is 6.33 Å². The largest absolute Gasteiger partial charge is 0.237 e. The van der Waals surface area contributed by atoms with Crippen molar-refractivity contribution >= 4 is 0 Å². The van der Waals surface area contributed by atoms with Crippen LogP contribution in [0.5, 0.6) is 0 Å². The number of aromatic nitrogens is 4. The molecule has 2 aromatic heterocycles. The summed E-state index contributed by atoms with van der Waals surface area (Å²) in [4.78, 5) is 8.54. The summed E-state index contributed by atoms with van der Waals surface area (Å²) >= 11 is 0. The van der Waals surface area contributed by atoms with Gasteiger partial charge in [-0.3, -0.25) is 0 Å². The Morgan fingerprint density at radius 3 is 2.41 bits per heavy atom. The zero-order chi connectivity index (χ0) is 11.5. The molecule has 0 aliphatic carbocycles. The summed E-state index contributed by atoms with van der Waals surface area (Å²) in [5.41, 5.74) is 1.02. The van der Waals surface area contributed by atoms with E-state index < -0.39 is 0 Å². The fourth-order valence-corrected chi connectivity index (χ4v) is 1.67. The van der Waals surface area contributed by atoms with Crippen molar-refractivity contribution < 1.29 is 0 Å². The highest BCUT2D eigenvalue weighted by atomic mass is 15.4. The minimum absolute atomic E-state index is 0.767. The normalized spacial score (nSPS) is 10.4. The zero-order valence-electron chi connectivity index (χ0n) is 9.06. The maximum absolute atomic E-state index is 4.27. The molecule has 0 unspecified atom stereocenters. The first-order valence-electron chi connectivity index (χ1n) is 5.32. The molecule has 0 atom stereocenters. The van der Waals surface area contributed by atoms with E-state index in [1.54, 1.807) is 10.9 Å². The SMILES string of the molecule is c1ccc(-c2ncnn2-c2ccccn2)cc1. The van der Waals surface area contributed by atoms with E-state index in [1.807, 2.05) is 48.5 Å². The second-order valence-electron chi connectivity index (χ2n) is 3.55. The van der Waals surface area contributed by atoms with Gasteiger partial charge in [0.2, 0.25) is 0 Å². The Labute approximate surface area is 98.6 Å². The molecule has 0 aliphatic rings. The van der Waals surface area contributed by atoms with Crippen LogP contribution in [0.4, 0.5) is 0 Å². The minimum atomic E-state index is 0.767. The second kappa shape index (κ2) is 4.17. The molecule has 0 radical (unpaired) electrons. The predicted molar refractivity (Wildman–Crippen MR) is 64.6 cm³/mol. The van der Waals surface area contributed by atoms with Crippen LogP contribution in [0.15, 0.2) is 61.1 Å². The highest BCUT2D eigenvalue weighted by molar-refractivity contribution is 5.56. The van der Waals surface area contributed by atoms with Gasteiger partial charge in [-0.1, -0.05) is 36.4 Å². The average molecular weight is 222 g/mol. The summed E-state index contributed by atoms with van der Waals surface area (Å²) in [6.07, 6.45) is 3.28. The van der Waals surface area contributed by atoms with Gasteiger partial charge in [0.1, 0.15) is 6.33 Å². The van der Waals surface area contributed by atoms with E-state index in [9.17, 15) is 0 Å². The van der Waals surface area contributed by atoms with Crippen molar-refractivity contribution in [3.8, 4) is 17.2 Å². The van der Waals surface area contributed by atoms with Gasteiger partial charge in [0.15, 0.2) is 11.6 Å². The maximum atomic E-state index is 4.27. The van der Waals surface area contributed by atoms with Crippen LogP contribution >= 0.6 is 0 Å². The molecule has 4 nitrogen and oxygen atoms in total. The van der Waals surface area contributed by atoms with E-state index >= 15 is 0 Å². The van der Waals surface area contributed by atoms with Crippen LogP contribution in [-0.4, -0.2) is 19.7 Å². The summed E-state index contributed by atoms with van der Waals surface area (Å²) in [5.74, 6) is 1.56. The standard InChI is InChI=1S/C13H10N4/c1-2-6-11(7-3-1)13-15-10-16-17(13)12-8-4-5-9-14-12/h1-10H. The number of benzene rings is 1. The van der Waals surface area contributed by atoms with Gasteiger partial charge in [0.05, 0.1) is 0 Å². The van der Waals surface area contributed by atoms with Crippen LogP contribution in [0.1, 0.15) is 0 Å². The Morgan fingerprint density at radius 1 is 0.824 bits per heavy atom. The van der Waals surface area contributed by atoms with Gasteiger partial charge in [0, 0.05) is 11.8 Å². The number of nitrogens with zero attached hydrogens (tertiary/aromatic N) is 4. The van der Waals surface area contributed by atoms with Crippen LogP contribution in [0, 0.1) is 0 Å². The van der Waals surface area contributed by atoms with E-state index in [2.05, 4.69) is 15.1 Å². The van der Waals surface area contributed by atoms with Gasteiger partial charge >= 0.3 is 0 Å². The van der Waals surface area contributed by atoms with Gasteiger partial charge in [-0.15, -0.1) is 0 Å². The quantitative estimate of drug-likeness (QED) is 0.668. The smallest absolute Gasteiger partial charge is 0.164 e. The lowest BCUT2D eigenvalue weighted by Gasteiger charge is -2.04. The zero-order valence-corrected chi connectivity index (χ0v) is 9.06. The molecule has 0 aliphatic heterocycles. The van der Waals surface area contributed by atoms with Crippen molar-refractivity contribution in [2.45, 2.75) is 0 Å². The monoisotopic (exact) mass is 222 g/mol. The third-order valence-electron chi connectivity index (χ3n) is 2.45. The fraction of sp³-hybridized carbons (Fsp3) is 0. The van der Waals surface area contributed by atoms with Crippen LogP contribution in [0.25, 0.3) is 17.2 Å². The molecule has 0 spiro atoms. The molecule has 82 valence electrons. The molecular weight excluding hydrogens is 212 g/mol. The van der Waals surface area contributed by atoms with Gasteiger partial charge in [-0.05, 0) is 12.1 Å². The van der Waals surface area contributed by atoms with Gasteiger partial charge in [0.25, 0.3) is 0 Å². The Hall–Kier alpha value is -2.49. The number of hydrogen-bond donors (Lipinski definition) is 0. The Balaban J connectivity index is 2.13. The van der Waals surface area contributed by atoms with Crippen molar-refractivity contribution in [3.05, 3.63) is 61.1 Å². The molecule has 2 heterocycles.